The van der Waals surface area contributed by atoms with E-state index in [9.17, 15) is 13.2 Å². The van der Waals surface area contributed by atoms with Gasteiger partial charge in [0, 0.05) is 49.5 Å². The summed E-state index contributed by atoms with van der Waals surface area (Å²) in [4.78, 5) is 16.7. The fourth-order valence-corrected chi connectivity index (χ4v) is 4.19. The number of rotatable bonds is 5. The molecular weight excluding hydrogens is 420 g/mol. The van der Waals surface area contributed by atoms with Crippen molar-refractivity contribution in [1.29, 1.82) is 0 Å². The minimum absolute atomic E-state index is 0.111. The lowest BCUT2D eigenvalue weighted by atomic mass is 10.0. The Balaban J connectivity index is 1.48. The summed E-state index contributed by atoms with van der Waals surface area (Å²) in [6.45, 7) is 3.26. The van der Waals surface area contributed by atoms with Crippen LogP contribution in [0.5, 0.6) is 0 Å². The van der Waals surface area contributed by atoms with Crippen LogP contribution >= 0.6 is 15.9 Å². The second kappa shape index (κ2) is 8.35. The van der Waals surface area contributed by atoms with Crippen LogP contribution < -0.4 is 10.9 Å². The zero-order valence-corrected chi connectivity index (χ0v) is 17.2. The summed E-state index contributed by atoms with van der Waals surface area (Å²) in [5.74, 6) is 0.282. The minimum atomic E-state index is -2.95. The summed E-state index contributed by atoms with van der Waals surface area (Å²) in [6, 6.07) is 8.00. The number of hydrazine groups is 1. The van der Waals surface area contributed by atoms with Crippen LogP contribution in [0.4, 0.5) is 0 Å². The quantitative estimate of drug-likeness (QED) is 0.689. The number of nitrogens with zero attached hydrogens (tertiary/aromatic N) is 2. The summed E-state index contributed by atoms with van der Waals surface area (Å²) in [5, 5.41) is 0. The third kappa shape index (κ3) is 5.26. The van der Waals surface area contributed by atoms with E-state index in [1.807, 2.05) is 17.0 Å². The normalized spacial score (nSPS) is 24.8. The molecule has 0 aliphatic carbocycles. The Kier molecular flexibility index (Phi) is 6.34. The van der Waals surface area contributed by atoms with E-state index in [2.05, 4.69) is 43.8 Å². The van der Waals surface area contributed by atoms with Crippen molar-refractivity contribution in [3.05, 3.63) is 34.3 Å². The Labute approximate surface area is 163 Å². The van der Waals surface area contributed by atoms with E-state index in [0.717, 1.165) is 29.5 Å². The molecule has 0 saturated carbocycles. The van der Waals surface area contributed by atoms with Crippen LogP contribution in [0, 0.1) is 0 Å². The minimum Gasteiger partial charge on any atom is -0.339 e. The van der Waals surface area contributed by atoms with Gasteiger partial charge in [-0.3, -0.25) is 9.69 Å². The van der Waals surface area contributed by atoms with E-state index in [4.69, 9.17) is 0 Å². The molecule has 7 nitrogen and oxygen atoms in total. The van der Waals surface area contributed by atoms with Crippen molar-refractivity contribution in [2.75, 3.05) is 44.7 Å². The average Bonchev–Trinajstić information content (AvgIpc) is 3.10. The molecule has 2 fully saturated rings. The van der Waals surface area contributed by atoms with Crippen molar-refractivity contribution in [2.45, 2.75) is 18.5 Å². The molecule has 0 radical (unpaired) electrons. The summed E-state index contributed by atoms with van der Waals surface area (Å²) in [7, 11) is -2.95. The number of nitrogens with one attached hydrogen (secondary N) is 2. The topological polar surface area (TPSA) is 81.8 Å². The molecule has 26 heavy (non-hydrogen) atoms. The van der Waals surface area contributed by atoms with Crippen LogP contribution in [0.15, 0.2) is 28.7 Å². The standard InChI is InChI=1S/C17H25BrN4O3S/c1-26(24,25)11-10-21-6-8-22(9-7-21)17(23)16-12-15(19-20-16)13-2-4-14(18)5-3-13/h2-5,15-16,19-20H,6-12H2,1H3. The molecule has 2 aliphatic rings. The first-order valence-electron chi connectivity index (χ1n) is 8.77. The SMILES string of the molecule is CS(=O)(=O)CCN1CCN(C(=O)C2CC(c3ccc(Br)cc3)NN2)CC1. The zero-order chi connectivity index (χ0) is 18.7. The predicted molar refractivity (Wildman–Crippen MR) is 104 cm³/mol. The molecule has 2 atom stereocenters. The molecule has 3 rings (SSSR count). The van der Waals surface area contributed by atoms with Gasteiger partial charge in [-0.1, -0.05) is 28.1 Å². The molecule has 2 aliphatic heterocycles. The fraction of sp³-hybridized carbons (Fsp3) is 0.588. The van der Waals surface area contributed by atoms with E-state index >= 15 is 0 Å². The monoisotopic (exact) mass is 444 g/mol. The van der Waals surface area contributed by atoms with Crippen LogP contribution in [-0.4, -0.2) is 74.9 Å². The molecule has 2 heterocycles. The van der Waals surface area contributed by atoms with Crippen molar-refractivity contribution in [2.24, 2.45) is 0 Å². The number of sulfone groups is 1. The maximum Gasteiger partial charge on any atom is 0.241 e. The smallest absolute Gasteiger partial charge is 0.241 e. The lowest BCUT2D eigenvalue weighted by Gasteiger charge is -2.35. The van der Waals surface area contributed by atoms with Crippen molar-refractivity contribution in [3.63, 3.8) is 0 Å². The Bertz CT molecular complexity index is 733. The molecule has 1 aromatic carbocycles. The number of benzene rings is 1. The Morgan fingerprint density at radius 1 is 1.15 bits per heavy atom. The molecular formula is C17H25BrN4O3S. The first-order chi connectivity index (χ1) is 12.3. The van der Waals surface area contributed by atoms with Gasteiger partial charge in [0.25, 0.3) is 0 Å². The molecule has 0 spiro atoms. The van der Waals surface area contributed by atoms with Crippen LogP contribution in [0.1, 0.15) is 18.0 Å². The van der Waals surface area contributed by atoms with Gasteiger partial charge in [-0.15, -0.1) is 0 Å². The summed E-state index contributed by atoms with van der Waals surface area (Å²) in [5.41, 5.74) is 7.50. The van der Waals surface area contributed by atoms with E-state index in [0.29, 0.717) is 19.6 Å². The van der Waals surface area contributed by atoms with Crippen molar-refractivity contribution in [1.82, 2.24) is 20.7 Å². The second-order valence-electron chi connectivity index (χ2n) is 6.98. The lowest BCUT2D eigenvalue weighted by molar-refractivity contribution is -0.134. The maximum absolute atomic E-state index is 12.8. The van der Waals surface area contributed by atoms with Crippen molar-refractivity contribution >= 4 is 31.7 Å². The predicted octanol–water partition coefficient (Wildman–Crippen LogP) is 0.546. The van der Waals surface area contributed by atoms with Gasteiger partial charge in [0.2, 0.25) is 5.91 Å². The summed E-state index contributed by atoms with van der Waals surface area (Å²) >= 11 is 3.43. The number of amides is 1. The van der Waals surface area contributed by atoms with E-state index < -0.39 is 9.84 Å². The van der Waals surface area contributed by atoms with Crippen LogP contribution in [0.3, 0.4) is 0 Å². The van der Waals surface area contributed by atoms with Gasteiger partial charge in [0.15, 0.2) is 0 Å². The highest BCUT2D eigenvalue weighted by molar-refractivity contribution is 9.10. The lowest BCUT2D eigenvalue weighted by Crippen LogP contribution is -2.54. The molecule has 9 heteroatoms. The Morgan fingerprint density at radius 3 is 2.42 bits per heavy atom. The van der Waals surface area contributed by atoms with Gasteiger partial charge < -0.3 is 4.90 Å². The van der Waals surface area contributed by atoms with Crippen LogP contribution in [-0.2, 0) is 14.6 Å². The van der Waals surface area contributed by atoms with Gasteiger partial charge in [-0.2, -0.15) is 0 Å². The van der Waals surface area contributed by atoms with Gasteiger partial charge in [-0.25, -0.2) is 19.3 Å². The molecule has 2 saturated heterocycles. The van der Waals surface area contributed by atoms with Crippen LogP contribution in [0.25, 0.3) is 0 Å². The third-order valence-electron chi connectivity index (χ3n) is 4.94. The number of carbonyl (C=O) groups excluding carboxylic acids is 1. The highest BCUT2D eigenvalue weighted by atomic mass is 79.9. The number of carbonyl (C=O) groups is 1. The van der Waals surface area contributed by atoms with E-state index in [-0.39, 0.29) is 23.7 Å². The first-order valence-corrected chi connectivity index (χ1v) is 11.6. The number of piperazine rings is 1. The summed E-state index contributed by atoms with van der Waals surface area (Å²) in [6.07, 6.45) is 1.97. The van der Waals surface area contributed by atoms with Gasteiger partial charge in [-0.05, 0) is 24.1 Å². The maximum atomic E-state index is 12.8. The number of hydrogen-bond donors (Lipinski definition) is 2. The van der Waals surface area contributed by atoms with Crippen molar-refractivity contribution in [3.8, 4) is 0 Å². The summed E-state index contributed by atoms with van der Waals surface area (Å²) < 4.78 is 23.6. The van der Waals surface area contributed by atoms with Gasteiger partial charge in [0.1, 0.15) is 15.9 Å². The molecule has 1 aromatic rings. The third-order valence-corrected chi connectivity index (χ3v) is 6.39. The fourth-order valence-electron chi connectivity index (χ4n) is 3.34. The number of halogens is 1. The Morgan fingerprint density at radius 2 is 1.81 bits per heavy atom. The largest absolute Gasteiger partial charge is 0.339 e. The molecule has 1 amide bonds. The van der Waals surface area contributed by atoms with E-state index in [1.54, 1.807) is 0 Å². The highest BCUT2D eigenvalue weighted by Gasteiger charge is 2.34. The first kappa shape index (κ1) is 19.8. The van der Waals surface area contributed by atoms with Gasteiger partial charge >= 0.3 is 0 Å². The highest BCUT2D eigenvalue weighted by Crippen LogP contribution is 2.24. The number of hydrogen-bond acceptors (Lipinski definition) is 6. The molecule has 2 unspecified atom stereocenters. The van der Waals surface area contributed by atoms with E-state index in [1.165, 1.54) is 6.26 Å². The van der Waals surface area contributed by atoms with Crippen molar-refractivity contribution < 1.29 is 13.2 Å². The molecule has 144 valence electrons. The Hall–Kier alpha value is -1.00. The molecule has 0 bridgehead atoms. The van der Waals surface area contributed by atoms with Crippen LogP contribution in [0.2, 0.25) is 0 Å². The zero-order valence-electron chi connectivity index (χ0n) is 14.8. The average molecular weight is 445 g/mol. The molecule has 2 N–H and O–H groups in total. The second-order valence-corrected chi connectivity index (χ2v) is 10.2. The van der Waals surface area contributed by atoms with Gasteiger partial charge in [0.05, 0.1) is 5.75 Å². The molecule has 0 aromatic heterocycles.